The number of aliphatic hydroxyl groups excluding tert-OH is 4. The molecule has 0 aliphatic carbocycles. The summed E-state index contributed by atoms with van der Waals surface area (Å²) in [5.41, 5.74) is 0. The Morgan fingerprint density at radius 2 is 1.94 bits per heavy atom. The van der Waals surface area contributed by atoms with Gasteiger partial charge in [0, 0.05) is 0 Å². The maximum Gasteiger partial charge on any atom is 0.352 e. The quantitative estimate of drug-likeness (QED) is 0.190. The Kier molecular flexibility index (Phi) is 3.62. The third-order valence-corrected chi connectivity index (χ3v) is 2.13. The molecule has 0 aromatic carbocycles. The first-order valence-corrected chi connectivity index (χ1v) is 4.20. The van der Waals surface area contributed by atoms with Crippen molar-refractivity contribution in [2.45, 2.75) is 30.4 Å². The summed E-state index contributed by atoms with van der Waals surface area (Å²) in [6.07, 6.45) is -7.45. The van der Waals surface area contributed by atoms with Gasteiger partial charge >= 0.3 is 5.97 Å². The molecule has 5 N–H and O–H groups in total. The van der Waals surface area contributed by atoms with E-state index >= 15 is 0 Å². The molecule has 1 saturated heterocycles. The smallest absolute Gasteiger partial charge is 0.352 e. The monoisotopic (exact) mass is 241 g/mol. The van der Waals surface area contributed by atoms with E-state index in [1.54, 1.807) is 0 Å². The van der Waals surface area contributed by atoms with Gasteiger partial charge in [0.25, 0.3) is 5.09 Å². The lowest BCUT2D eigenvalue weighted by Gasteiger charge is -2.42. The number of rotatable bonds is 3. The van der Waals surface area contributed by atoms with E-state index in [0.717, 1.165) is 0 Å². The van der Waals surface area contributed by atoms with Gasteiger partial charge in [-0.2, -0.15) is 0 Å². The molecule has 1 rings (SSSR count). The average Bonchev–Trinajstić information content (AvgIpc) is 2.20. The van der Waals surface area contributed by atoms with Gasteiger partial charge in [-0.25, -0.2) is 4.84 Å². The van der Waals surface area contributed by atoms with Crippen LogP contribution in [-0.4, -0.2) is 67.6 Å². The van der Waals surface area contributed by atoms with Crippen LogP contribution in [0.5, 0.6) is 0 Å². The summed E-state index contributed by atoms with van der Waals surface area (Å²) < 4.78 is 4.41. The van der Waals surface area contributed by atoms with Crippen LogP contribution in [0.2, 0.25) is 0 Å². The van der Waals surface area contributed by atoms with Crippen LogP contribution in [-0.2, 0) is 9.57 Å². The van der Waals surface area contributed by atoms with E-state index < -0.39 is 42.1 Å². The molecule has 0 unspecified atom stereocenters. The molecule has 16 heavy (non-hydrogen) atoms. The SMILES string of the molecule is O=[N+]([O-])O[C@@]1(O)O[C@H](CO)[C@@H](O)[C@H](O)[C@@H]1O. The highest BCUT2D eigenvalue weighted by Crippen LogP contribution is 2.28. The third-order valence-electron chi connectivity index (χ3n) is 2.13. The minimum absolute atomic E-state index is 0.839. The van der Waals surface area contributed by atoms with Crippen LogP contribution in [0.3, 0.4) is 0 Å². The van der Waals surface area contributed by atoms with Gasteiger partial charge < -0.3 is 30.3 Å². The van der Waals surface area contributed by atoms with E-state index in [1.165, 1.54) is 0 Å². The van der Waals surface area contributed by atoms with E-state index in [0.29, 0.717) is 0 Å². The maximum atomic E-state index is 10.0. The number of nitrogens with zero attached hydrogens (tertiary/aromatic N) is 1. The van der Waals surface area contributed by atoms with E-state index in [4.69, 9.17) is 5.11 Å². The van der Waals surface area contributed by atoms with E-state index in [1.807, 2.05) is 0 Å². The van der Waals surface area contributed by atoms with Crippen LogP contribution in [0, 0.1) is 10.1 Å². The first kappa shape index (κ1) is 13.0. The van der Waals surface area contributed by atoms with E-state index in [2.05, 4.69) is 9.57 Å². The topological polar surface area (TPSA) is 163 Å². The maximum absolute atomic E-state index is 10.0. The lowest BCUT2D eigenvalue weighted by atomic mass is 9.98. The summed E-state index contributed by atoms with van der Waals surface area (Å²) in [5, 5.41) is 54.4. The summed E-state index contributed by atoms with van der Waals surface area (Å²) in [7, 11) is 0. The molecule has 0 bridgehead atoms. The molecule has 5 atom stereocenters. The molecule has 10 nitrogen and oxygen atoms in total. The average molecular weight is 241 g/mol. The van der Waals surface area contributed by atoms with Gasteiger partial charge in [-0.05, 0) is 0 Å². The van der Waals surface area contributed by atoms with E-state index in [9.17, 15) is 30.5 Å². The molecule has 0 aromatic rings. The van der Waals surface area contributed by atoms with Crippen molar-refractivity contribution in [3.8, 4) is 0 Å². The lowest BCUT2D eigenvalue weighted by Crippen LogP contribution is -2.66. The van der Waals surface area contributed by atoms with Crippen molar-refractivity contribution in [3.63, 3.8) is 0 Å². The Bertz CT molecular complexity index is 271. The number of hydrogen-bond donors (Lipinski definition) is 5. The predicted octanol–water partition coefficient (Wildman–Crippen LogP) is -3.69. The van der Waals surface area contributed by atoms with Crippen LogP contribution >= 0.6 is 0 Å². The first-order valence-electron chi connectivity index (χ1n) is 4.20. The van der Waals surface area contributed by atoms with Crippen molar-refractivity contribution in [1.29, 1.82) is 0 Å². The zero-order valence-electron chi connectivity index (χ0n) is 7.83. The second-order valence-electron chi connectivity index (χ2n) is 3.21. The minimum Gasteiger partial charge on any atom is -0.394 e. The lowest BCUT2D eigenvalue weighted by molar-refractivity contribution is -0.822. The van der Waals surface area contributed by atoms with Crippen LogP contribution in [0.4, 0.5) is 0 Å². The van der Waals surface area contributed by atoms with Crippen molar-refractivity contribution in [2.24, 2.45) is 0 Å². The Hall–Kier alpha value is -1.04. The van der Waals surface area contributed by atoms with Gasteiger partial charge in [-0.3, -0.25) is 0 Å². The normalized spacial score (nSPS) is 44.1. The summed E-state index contributed by atoms with van der Waals surface area (Å²) >= 11 is 0. The zero-order valence-corrected chi connectivity index (χ0v) is 7.83. The van der Waals surface area contributed by atoms with Crippen molar-refractivity contribution >= 4 is 0 Å². The molecule has 10 heteroatoms. The van der Waals surface area contributed by atoms with Crippen molar-refractivity contribution in [3.05, 3.63) is 10.1 Å². The van der Waals surface area contributed by atoms with Gasteiger partial charge in [0.15, 0.2) is 6.10 Å². The Labute approximate surface area is 88.4 Å². The second-order valence-corrected chi connectivity index (χ2v) is 3.21. The van der Waals surface area contributed by atoms with Gasteiger partial charge in [-0.1, -0.05) is 0 Å². The number of hydrogen-bond acceptors (Lipinski definition) is 9. The highest BCUT2D eigenvalue weighted by atomic mass is 17.0. The molecule has 0 radical (unpaired) electrons. The number of ether oxygens (including phenoxy) is 1. The third kappa shape index (κ3) is 2.21. The molecule has 0 spiro atoms. The molecule has 0 amide bonds. The van der Waals surface area contributed by atoms with Gasteiger partial charge in [0.2, 0.25) is 0 Å². The standard InChI is InChI=1S/C6H11NO9/c8-1-2-3(9)4(10)5(11)6(12,15-2)16-7(13)14/h2-5,8-12H,1H2/t2-,3-,4+,5+,6+/m1/s1. The summed E-state index contributed by atoms with van der Waals surface area (Å²) in [6.45, 7) is -0.839. The van der Waals surface area contributed by atoms with Gasteiger partial charge in [0.1, 0.15) is 18.3 Å². The Morgan fingerprint density at radius 3 is 2.38 bits per heavy atom. The van der Waals surface area contributed by atoms with Crippen molar-refractivity contribution in [1.82, 2.24) is 0 Å². The summed E-state index contributed by atoms with van der Waals surface area (Å²) in [5.74, 6) is -3.13. The highest BCUT2D eigenvalue weighted by Gasteiger charge is 2.55. The largest absolute Gasteiger partial charge is 0.394 e. The summed E-state index contributed by atoms with van der Waals surface area (Å²) in [4.78, 5) is 13.7. The fourth-order valence-corrected chi connectivity index (χ4v) is 1.31. The highest BCUT2D eigenvalue weighted by molar-refractivity contribution is 4.91. The predicted molar refractivity (Wildman–Crippen MR) is 43.0 cm³/mol. The molecule has 1 fully saturated rings. The molecule has 1 aliphatic rings. The Balaban J connectivity index is 2.89. The molecule has 0 aromatic heterocycles. The van der Waals surface area contributed by atoms with Crippen molar-refractivity contribution in [2.75, 3.05) is 6.61 Å². The molecule has 1 aliphatic heterocycles. The zero-order chi connectivity index (χ0) is 12.5. The number of aliphatic hydroxyl groups is 5. The van der Waals surface area contributed by atoms with Gasteiger partial charge in [-0.15, -0.1) is 10.1 Å². The molecule has 0 saturated carbocycles. The van der Waals surface area contributed by atoms with Crippen molar-refractivity contribution < 1.29 is 40.2 Å². The molecule has 94 valence electrons. The van der Waals surface area contributed by atoms with Crippen LogP contribution in [0.15, 0.2) is 0 Å². The molecule has 1 heterocycles. The Morgan fingerprint density at radius 1 is 1.38 bits per heavy atom. The minimum atomic E-state index is -3.13. The van der Waals surface area contributed by atoms with Gasteiger partial charge in [0.05, 0.1) is 6.61 Å². The van der Waals surface area contributed by atoms with Crippen LogP contribution in [0.1, 0.15) is 0 Å². The van der Waals surface area contributed by atoms with Crippen LogP contribution < -0.4 is 0 Å². The fraction of sp³-hybridized carbons (Fsp3) is 1.00. The molecular formula is C6H11NO9. The second kappa shape index (κ2) is 4.45. The molecular weight excluding hydrogens is 230 g/mol. The summed E-state index contributed by atoms with van der Waals surface area (Å²) in [6, 6.07) is 0. The fourth-order valence-electron chi connectivity index (χ4n) is 1.31. The van der Waals surface area contributed by atoms with E-state index in [-0.39, 0.29) is 0 Å². The first-order chi connectivity index (χ1) is 7.31. The van der Waals surface area contributed by atoms with Crippen LogP contribution in [0.25, 0.3) is 0 Å².